The Balaban J connectivity index is 1.88. The molecule has 1 aromatic carbocycles. The minimum atomic E-state index is -3.98. The van der Waals surface area contributed by atoms with Crippen molar-refractivity contribution in [3.8, 4) is 0 Å². The lowest BCUT2D eigenvalue weighted by Crippen LogP contribution is -2.30. The molecular weight excluding hydrogens is 384 g/mol. The maximum Gasteiger partial charge on any atom is 0.389 e. The van der Waals surface area contributed by atoms with Crippen molar-refractivity contribution in [2.75, 3.05) is 6.54 Å². The zero-order valence-electron chi connectivity index (χ0n) is 16.7. The van der Waals surface area contributed by atoms with Gasteiger partial charge in [0.2, 0.25) is 5.57 Å². The van der Waals surface area contributed by atoms with E-state index in [1.165, 1.54) is 11.0 Å². The van der Waals surface area contributed by atoms with Gasteiger partial charge in [-0.3, -0.25) is 19.1 Å². The van der Waals surface area contributed by atoms with Crippen molar-refractivity contribution in [1.29, 1.82) is 0 Å². The second-order valence-electron chi connectivity index (χ2n) is 7.14. The molecule has 1 aliphatic rings. The summed E-state index contributed by atoms with van der Waals surface area (Å²) in [6.45, 7) is 6.89. The van der Waals surface area contributed by atoms with Crippen LogP contribution in [0.15, 0.2) is 35.9 Å². The Morgan fingerprint density at radius 2 is 1.54 bits per heavy atom. The van der Waals surface area contributed by atoms with E-state index in [0.717, 1.165) is 0 Å². The summed E-state index contributed by atoms with van der Waals surface area (Å²) in [7, 11) is -3.98. The number of hydrogen-bond donors (Lipinski definition) is 0. The van der Waals surface area contributed by atoms with Crippen LogP contribution in [-0.4, -0.2) is 35.5 Å². The van der Waals surface area contributed by atoms with Gasteiger partial charge in [0.25, 0.3) is 11.8 Å². The van der Waals surface area contributed by atoms with Crippen LogP contribution in [0.4, 0.5) is 4.39 Å². The Labute approximate surface area is 165 Å². The third-order valence-electron chi connectivity index (χ3n) is 3.99. The highest BCUT2D eigenvalue weighted by Crippen LogP contribution is 2.58. The molecular formula is C20H27FNO5P. The normalized spacial score (nSPS) is 15.1. The van der Waals surface area contributed by atoms with E-state index in [0.29, 0.717) is 30.4 Å². The molecule has 0 saturated heterocycles. The maximum absolute atomic E-state index is 14.4. The molecule has 0 aliphatic carbocycles. The largest absolute Gasteiger partial charge is 0.389 e. The number of amides is 2. The van der Waals surface area contributed by atoms with Gasteiger partial charge in [-0.15, -0.1) is 0 Å². The van der Waals surface area contributed by atoms with Crippen LogP contribution in [0, 0.1) is 0 Å². The number of allylic oxidation sites excluding steroid dienone is 1. The van der Waals surface area contributed by atoms with Gasteiger partial charge in [-0.05, 0) is 65.2 Å². The summed E-state index contributed by atoms with van der Waals surface area (Å²) >= 11 is 0. The number of halogens is 1. The number of carbonyl (C=O) groups excluding carboxylic acids is 2. The molecule has 0 N–H and O–H groups in total. The van der Waals surface area contributed by atoms with Gasteiger partial charge in [0.1, 0.15) is 0 Å². The molecule has 0 saturated carbocycles. The molecule has 2 amide bonds. The molecule has 154 valence electrons. The quantitative estimate of drug-likeness (QED) is 0.296. The van der Waals surface area contributed by atoms with Crippen LogP contribution in [0.25, 0.3) is 0 Å². The predicted molar refractivity (Wildman–Crippen MR) is 105 cm³/mol. The van der Waals surface area contributed by atoms with E-state index < -0.39 is 25.4 Å². The third kappa shape index (κ3) is 5.37. The van der Waals surface area contributed by atoms with Crippen molar-refractivity contribution < 1.29 is 27.6 Å². The minimum absolute atomic E-state index is 0.254. The molecule has 0 aromatic heterocycles. The topological polar surface area (TPSA) is 72.9 Å². The van der Waals surface area contributed by atoms with Crippen molar-refractivity contribution >= 4 is 19.4 Å². The van der Waals surface area contributed by atoms with Crippen LogP contribution in [0.3, 0.4) is 0 Å². The lowest BCUT2D eigenvalue weighted by molar-refractivity contribution is 0.0651. The predicted octanol–water partition coefficient (Wildman–Crippen LogP) is 5.31. The van der Waals surface area contributed by atoms with Gasteiger partial charge in [0.15, 0.2) is 0 Å². The zero-order chi connectivity index (χ0) is 20.9. The summed E-state index contributed by atoms with van der Waals surface area (Å²) in [6.07, 6.45) is 1.63. The van der Waals surface area contributed by atoms with Crippen molar-refractivity contribution in [1.82, 2.24) is 4.90 Å². The molecule has 1 aromatic rings. The first-order chi connectivity index (χ1) is 13.2. The average Bonchev–Trinajstić information content (AvgIpc) is 2.85. The standard InChI is InChI=1S/C20H27FNO5P/c1-14(2)26-28(25,27-15(3)4)18(21)12-6-5-9-13-22-19(23)16-10-7-8-11-17(16)20(22)24/h7-8,10-12,14-15H,5-6,9,13H2,1-4H3/b18-12-. The average molecular weight is 411 g/mol. The summed E-state index contributed by atoms with van der Waals surface area (Å²) in [5, 5.41) is 0. The number of carbonyl (C=O) groups is 2. The van der Waals surface area contributed by atoms with E-state index in [9.17, 15) is 18.5 Å². The number of benzene rings is 1. The number of fused-ring (bicyclic) bond motifs is 1. The number of imide groups is 1. The SMILES string of the molecule is CC(C)OP(=O)(OC(C)C)/C(F)=C\CCCCN1C(=O)c2ccccc2C1=O. The number of nitrogens with zero attached hydrogens (tertiary/aromatic N) is 1. The molecule has 0 spiro atoms. The monoisotopic (exact) mass is 411 g/mol. The van der Waals surface area contributed by atoms with Crippen LogP contribution in [0.2, 0.25) is 0 Å². The van der Waals surface area contributed by atoms with Gasteiger partial charge in [-0.1, -0.05) is 12.1 Å². The fourth-order valence-electron chi connectivity index (χ4n) is 2.87. The van der Waals surface area contributed by atoms with E-state index >= 15 is 0 Å². The lowest BCUT2D eigenvalue weighted by atomic mass is 10.1. The molecule has 1 aliphatic heterocycles. The fraction of sp³-hybridized carbons (Fsp3) is 0.500. The Morgan fingerprint density at radius 3 is 2.00 bits per heavy atom. The van der Waals surface area contributed by atoms with Crippen LogP contribution in [0.1, 0.15) is 67.7 Å². The first-order valence-electron chi connectivity index (χ1n) is 9.44. The van der Waals surface area contributed by atoms with Gasteiger partial charge in [0.05, 0.1) is 23.3 Å². The summed E-state index contributed by atoms with van der Waals surface area (Å²) in [4.78, 5) is 25.8. The molecule has 0 bridgehead atoms. The summed E-state index contributed by atoms with van der Waals surface area (Å²) < 4.78 is 37.5. The third-order valence-corrected chi connectivity index (χ3v) is 6.09. The van der Waals surface area contributed by atoms with E-state index in [1.54, 1.807) is 52.0 Å². The van der Waals surface area contributed by atoms with Gasteiger partial charge in [-0.25, -0.2) is 0 Å². The zero-order valence-corrected chi connectivity index (χ0v) is 17.6. The molecule has 8 heteroatoms. The van der Waals surface area contributed by atoms with Crippen molar-refractivity contribution in [3.63, 3.8) is 0 Å². The van der Waals surface area contributed by atoms with Crippen molar-refractivity contribution in [3.05, 3.63) is 47.0 Å². The van der Waals surface area contributed by atoms with E-state index in [-0.39, 0.29) is 18.4 Å². The Bertz CT molecular complexity index is 757. The Hall–Kier alpha value is -1.82. The first-order valence-corrected chi connectivity index (χ1v) is 11.0. The number of unbranched alkanes of at least 4 members (excludes halogenated alkanes) is 2. The van der Waals surface area contributed by atoms with Gasteiger partial charge >= 0.3 is 7.60 Å². The van der Waals surface area contributed by atoms with Crippen LogP contribution < -0.4 is 0 Å². The van der Waals surface area contributed by atoms with Crippen LogP contribution in [0.5, 0.6) is 0 Å². The van der Waals surface area contributed by atoms with Crippen LogP contribution in [-0.2, 0) is 13.6 Å². The lowest BCUT2D eigenvalue weighted by Gasteiger charge is -2.21. The first kappa shape index (κ1) is 22.5. The number of rotatable bonds is 10. The maximum atomic E-state index is 14.4. The van der Waals surface area contributed by atoms with E-state index in [2.05, 4.69) is 0 Å². The van der Waals surface area contributed by atoms with Crippen molar-refractivity contribution in [2.24, 2.45) is 0 Å². The second kappa shape index (κ2) is 9.59. The molecule has 0 radical (unpaired) electrons. The number of hydrogen-bond acceptors (Lipinski definition) is 5. The fourth-order valence-corrected chi connectivity index (χ4v) is 4.58. The van der Waals surface area contributed by atoms with Gasteiger partial charge in [0, 0.05) is 6.54 Å². The highest BCUT2D eigenvalue weighted by atomic mass is 31.2. The van der Waals surface area contributed by atoms with E-state index in [1.807, 2.05) is 0 Å². The highest BCUT2D eigenvalue weighted by Gasteiger charge is 2.35. The van der Waals surface area contributed by atoms with Crippen molar-refractivity contribution in [2.45, 2.75) is 59.2 Å². The molecule has 0 unspecified atom stereocenters. The molecule has 2 rings (SSSR count). The second-order valence-corrected chi connectivity index (χ2v) is 8.98. The minimum Gasteiger partial charge on any atom is -0.301 e. The molecule has 1 heterocycles. The molecule has 0 fully saturated rings. The molecule has 28 heavy (non-hydrogen) atoms. The van der Waals surface area contributed by atoms with Crippen LogP contribution >= 0.6 is 7.60 Å². The Morgan fingerprint density at radius 1 is 1.04 bits per heavy atom. The Kier molecular flexibility index (Phi) is 7.70. The molecule has 6 nitrogen and oxygen atoms in total. The summed E-state index contributed by atoms with van der Waals surface area (Å²) in [6, 6.07) is 6.71. The van der Waals surface area contributed by atoms with E-state index in [4.69, 9.17) is 9.05 Å². The smallest absolute Gasteiger partial charge is 0.301 e. The highest BCUT2D eigenvalue weighted by molar-refractivity contribution is 7.58. The van der Waals surface area contributed by atoms with Gasteiger partial charge in [-0.2, -0.15) is 4.39 Å². The summed E-state index contributed by atoms with van der Waals surface area (Å²) in [5.41, 5.74) is -0.0808. The summed E-state index contributed by atoms with van der Waals surface area (Å²) in [5.74, 6) is -0.606. The molecule has 0 atom stereocenters. The van der Waals surface area contributed by atoms with Gasteiger partial charge < -0.3 is 9.05 Å².